The molecule has 0 spiro atoms. The van der Waals surface area contributed by atoms with Gasteiger partial charge in [-0.1, -0.05) is 249 Å². The van der Waals surface area contributed by atoms with Crippen molar-refractivity contribution in [3.8, 4) is 0 Å². The lowest BCUT2D eigenvalue weighted by molar-refractivity contribution is -0.870. The summed E-state index contributed by atoms with van der Waals surface area (Å²) in [4.78, 5) is 37.7. The van der Waals surface area contributed by atoms with E-state index in [4.69, 9.17) is 13.8 Å². The van der Waals surface area contributed by atoms with E-state index < -0.39 is 20.0 Å². The number of nitrogens with one attached hydrogen (secondary N) is 1. The van der Waals surface area contributed by atoms with Crippen LogP contribution in [0.15, 0.2) is 60.8 Å². The van der Waals surface area contributed by atoms with E-state index in [1.807, 2.05) is 33.3 Å². The first-order chi connectivity index (χ1) is 36.4. The number of nitrogens with zero attached hydrogens (tertiary/aromatic N) is 1. The molecule has 2 N–H and O–H groups in total. The van der Waals surface area contributed by atoms with E-state index in [0.29, 0.717) is 17.4 Å². The van der Waals surface area contributed by atoms with Crippen molar-refractivity contribution in [1.29, 1.82) is 0 Å². The second-order valence-electron chi connectivity index (χ2n) is 22.6. The van der Waals surface area contributed by atoms with Gasteiger partial charge in [0.1, 0.15) is 19.3 Å². The number of rotatable bonds is 57. The SMILES string of the molecule is CCCCC/C=C\C/C=C\CCCCCCCCCCCCCCCC(=O)OC(/C=C\CCCCCCCCCCC)C(COP(=O)(O)OCC[N+](C)(C)C)NC(=O)CCCCCCCC/C=C/C=C/CCCCC. The Morgan fingerprint density at radius 2 is 0.853 bits per heavy atom. The molecule has 0 radical (unpaired) electrons. The van der Waals surface area contributed by atoms with Crippen molar-refractivity contribution in [3.05, 3.63) is 60.8 Å². The van der Waals surface area contributed by atoms with Crippen molar-refractivity contribution in [2.75, 3.05) is 40.9 Å². The molecule has 0 aromatic carbocycles. The molecular formula is C65H122N2O7P+. The number of carbonyl (C=O) groups is 2. The highest BCUT2D eigenvalue weighted by molar-refractivity contribution is 7.47. The first kappa shape index (κ1) is 72.7. The average Bonchev–Trinajstić information content (AvgIpc) is 3.37. The van der Waals surface area contributed by atoms with E-state index in [0.717, 1.165) is 83.5 Å². The fraction of sp³-hybridized carbons (Fsp3) is 0.815. The highest BCUT2D eigenvalue weighted by Gasteiger charge is 2.30. The summed E-state index contributed by atoms with van der Waals surface area (Å²) in [6.45, 7) is 6.96. The molecule has 0 bridgehead atoms. The van der Waals surface area contributed by atoms with E-state index >= 15 is 0 Å². The molecule has 0 fully saturated rings. The number of hydrogen-bond donors (Lipinski definition) is 2. The smallest absolute Gasteiger partial charge is 0.456 e. The van der Waals surface area contributed by atoms with Gasteiger partial charge in [0.05, 0.1) is 33.8 Å². The van der Waals surface area contributed by atoms with Gasteiger partial charge >= 0.3 is 13.8 Å². The molecule has 0 aliphatic rings. The van der Waals surface area contributed by atoms with Gasteiger partial charge in [0.15, 0.2) is 0 Å². The number of ether oxygens (including phenoxy) is 1. The maximum Gasteiger partial charge on any atom is 0.472 e. The predicted octanol–water partition coefficient (Wildman–Crippen LogP) is 19.4. The highest BCUT2D eigenvalue weighted by Crippen LogP contribution is 2.43. The first-order valence-corrected chi connectivity index (χ1v) is 33.1. The van der Waals surface area contributed by atoms with Gasteiger partial charge in [-0.25, -0.2) is 4.57 Å². The number of esters is 1. The number of carbonyl (C=O) groups excluding carboxylic acids is 2. The molecular weight excluding hydrogens is 952 g/mol. The maximum absolute atomic E-state index is 13.5. The third-order valence-corrected chi connectivity index (χ3v) is 14.9. The van der Waals surface area contributed by atoms with Crippen molar-refractivity contribution in [2.24, 2.45) is 0 Å². The zero-order chi connectivity index (χ0) is 55.0. The van der Waals surface area contributed by atoms with E-state index in [1.165, 1.54) is 173 Å². The average molecular weight is 1070 g/mol. The number of phosphoric acid groups is 1. The van der Waals surface area contributed by atoms with E-state index in [2.05, 4.69) is 74.7 Å². The monoisotopic (exact) mass is 1070 g/mol. The van der Waals surface area contributed by atoms with Crippen LogP contribution in [-0.4, -0.2) is 74.3 Å². The van der Waals surface area contributed by atoms with Crippen LogP contribution in [0.3, 0.4) is 0 Å². The summed E-state index contributed by atoms with van der Waals surface area (Å²) in [6.07, 6.45) is 69.3. The van der Waals surface area contributed by atoms with Crippen LogP contribution < -0.4 is 5.32 Å². The van der Waals surface area contributed by atoms with Gasteiger partial charge in [-0.15, -0.1) is 0 Å². The van der Waals surface area contributed by atoms with Crippen molar-refractivity contribution in [2.45, 2.75) is 303 Å². The molecule has 3 unspecified atom stereocenters. The summed E-state index contributed by atoms with van der Waals surface area (Å²) in [5.41, 5.74) is 0. The molecule has 0 aromatic heterocycles. The molecule has 75 heavy (non-hydrogen) atoms. The minimum Gasteiger partial charge on any atom is -0.456 e. The first-order valence-electron chi connectivity index (χ1n) is 31.6. The van der Waals surface area contributed by atoms with Crippen LogP contribution in [0.4, 0.5) is 0 Å². The van der Waals surface area contributed by atoms with Gasteiger partial charge in [-0.05, 0) is 89.5 Å². The van der Waals surface area contributed by atoms with Crippen LogP contribution in [0.5, 0.6) is 0 Å². The number of allylic oxidation sites excluding steroid dienone is 9. The van der Waals surface area contributed by atoms with Crippen molar-refractivity contribution < 1.29 is 37.3 Å². The van der Waals surface area contributed by atoms with Crippen LogP contribution in [0, 0.1) is 0 Å². The Bertz CT molecular complexity index is 1470. The van der Waals surface area contributed by atoms with Gasteiger partial charge in [-0.2, -0.15) is 0 Å². The zero-order valence-corrected chi connectivity index (χ0v) is 50.9. The Morgan fingerprint density at radius 3 is 1.31 bits per heavy atom. The summed E-state index contributed by atoms with van der Waals surface area (Å²) < 4.78 is 30.7. The standard InChI is InChI=1S/C65H121N2O7P/c1-7-10-13-16-19-22-25-27-29-30-31-32-33-34-35-36-38-40-43-46-49-52-55-58-65(69)74-63(56-53-50-47-44-41-24-21-18-15-12-9-3)62(61-73-75(70,71)72-60-59-67(4,5)6)66-64(68)57-54-51-48-45-42-39-37-28-26-23-20-17-14-11-8-2/h19-20,22-23,26-29,53,56,62-63H,7-18,21,24-25,30-52,54-55,57-61H2,1-6H3,(H-,66,68,70,71)/p+1/b22-19-,23-20+,28-26+,29-27-,56-53-. The molecule has 3 atom stereocenters. The van der Waals surface area contributed by atoms with E-state index in [1.54, 1.807) is 0 Å². The Morgan fingerprint density at radius 1 is 0.480 bits per heavy atom. The second kappa shape index (κ2) is 55.0. The Balaban J connectivity index is 5.14. The third kappa shape index (κ3) is 56.2. The van der Waals surface area contributed by atoms with E-state index in [9.17, 15) is 19.0 Å². The van der Waals surface area contributed by atoms with Gasteiger partial charge < -0.3 is 19.4 Å². The summed E-state index contributed by atoms with van der Waals surface area (Å²) in [7, 11) is 1.49. The maximum atomic E-state index is 13.5. The number of unbranched alkanes of at least 4 members (excludes halogenated alkanes) is 34. The van der Waals surface area contributed by atoms with E-state index in [-0.39, 0.29) is 31.5 Å². The molecule has 10 heteroatoms. The summed E-state index contributed by atoms with van der Waals surface area (Å²) in [6, 6.07) is -0.854. The van der Waals surface area contributed by atoms with Gasteiger partial charge in [0, 0.05) is 12.8 Å². The topological polar surface area (TPSA) is 111 Å². The lowest BCUT2D eigenvalue weighted by Crippen LogP contribution is -2.47. The molecule has 0 saturated heterocycles. The summed E-state index contributed by atoms with van der Waals surface area (Å²) in [5, 5.41) is 3.05. The van der Waals surface area contributed by atoms with Crippen LogP contribution in [-0.2, 0) is 27.9 Å². The third-order valence-electron chi connectivity index (χ3n) is 14.0. The van der Waals surface area contributed by atoms with Gasteiger partial charge in [0.25, 0.3) is 0 Å². The fourth-order valence-electron chi connectivity index (χ4n) is 9.02. The quantitative estimate of drug-likeness (QED) is 0.0156. The summed E-state index contributed by atoms with van der Waals surface area (Å²) >= 11 is 0. The zero-order valence-electron chi connectivity index (χ0n) is 50.0. The van der Waals surface area contributed by atoms with Crippen LogP contribution in [0.1, 0.15) is 290 Å². The fourth-order valence-corrected chi connectivity index (χ4v) is 9.76. The van der Waals surface area contributed by atoms with Crippen LogP contribution >= 0.6 is 7.82 Å². The Hall–Kier alpha value is -2.29. The van der Waals surface area contributed by atoms with Crippen LogP contribution in [0.2, 0.25) is 0 Å². The van der Waals surface area contributed by atoms with Gasteiger partial charge in [0.2, 0.25) is 5.91 Å². The van der Waals surface area contributed by atoms with Crippen molar-refractivity contribution in [3.63, 3.8) is 0 Å². The number of quaternary nitrogens is 1. The molecule has 0 saturated carbocycles. The number of likely N-dealkylation sites (N-methyl/N-ethyl adjacent to an activating group) is 1. The number of amides is 1. The lowest BCUT2D eigenvalue weighted by Gasteiger charge is -2.27. The molecule has 0 rings (SSSR count). The number of hydrogen-bond acceptors (Lipinski definition) is 6. The number of phosphoric ester groups is 1. The highest BCUT2D eigenvalue weighted by atomic mass is 31.2. The molecule has 1 amide bonds. The minimum absolute atomic E-state index is 0.0371. The molecule has 0 aliphatic heterocycles. The van der Waals surface area contributed by atoms with Crippen molar-refractivity contribution >= 4 is 19.7 Å². The molecule has 438 valence electrons. The lowest BCUT2D eigenvalue weighted by atomic mass is 10.0. The second-order valence-corrected chi connectivity index (χ2v) is 24.1. The summed E-state index contributed by atoms with van der Waals surface area (Å²) in [5.74, 6) is -0.514. The van der Waals surface area contributed by atoms with Crippen molar-refractivity contribution in [1.82, 2.24) is 5.32 Å². The minimum atomic E-state index is -4.45. The predicted molar refractivity (Wildman–Crippen MR) is 323 cm³/mol. The van der Waals surface area contributed by atoms with Crippen LogP contribution in [0.25, 0.3) is 0 Å². The molecule has 0 aliphatic carbocycles. The molecule has 9 nitrogen and oxygen atoms in total. The molecule has 0 heterocycles. The Labute approximate surface area is 464 Å². The normalized spacial score (nSPS) is 14.1. The largest absolute Gasteiger partial charge is 0.472 e. The van der Waals surface area contributed by atoms with Gasteiger partial charge in [-0.3, -0.25) is 18.6 Å². The Kier molecular flexibility index (Phi) is 53.4. The molecule has 0 aromatic rings.